The van der Waals surface area contributed by atoms with Gasteiger partial charge in [-0.15, -0.1) is 0 Å². The van der Waals surface area contributed by atoms with E-state index >= 15 is 0 Å². The van der Waals surface area contributed by atoms with Crippen LogP contribution < -0.4 is 0 Å². The molecule has 0 aromatic heterocycles. The summed E-state index contributed by atoms with van der Waals surface area (Å²) in [6, 6.07) is 25.2. The molecule has 3 aromatic rings. The fourth-order valence-electron chi connectivity index (χ4n) is 3.07. The van der Waals surface area contributed by atoms with Crippen molar-refractivity contribution in [2.24, 2.45) is 0 Å². The molecule has 0 saturated carbocycles. The molecule has 0 saturated heterocycles. The summed E-state index contributed by atoms with van der Waals surface area (Å²) >= 11 is 3.34. The molecule has 0 spiro atoms. The van der Waals surface area contributed by atoms with Gasteiger partial charge in [-0.25, -0.2) is 0 Å². The van der Waals surface area contributed by atoms with Gasteiger partial charge in [0.25, 0.3) is 0 Å². The summed E-state index contributed by atoms with van der Waals surface area (Å²) in [5.41, 5.74) is 2.38. The summed E-state index contributed by atoms with van der Waals surface area (Å²) in [5, 5.41) is 0. The number of hydrogen-bond donors (Lipinski definition) is 0. The lowest BCUT2D eigenvalue weighted by molar-refractivity contribution is -0.344. The minimum Gasteiger partial charge on any atom is -0.598 e. The Morgan fingerprint density at radius 3 is 2.04 bits per heavy atom. The molecular weight excluding hydrogens is 411 g/mol. The van der Waals surface area contributed by atoms with E-state index in [9.17, 15) is 8.63 Å². The smallest absolute Gasteiger partial charge is 0.598 e. The molecule has 0 atom stereocenters. The van der Waals surface area contributed by atoms with Crippen molar-refractivity contribution in [2.45, 2.75) is 0 Å². The first-order valence-corrected chi connectivity index (χ1v) is 9.28. The summed E-state index contributed by atoms with van der Waals surface area (Å²) in [6.07, 6.45) is 1.48. The molecule has 3 aromatic carbocycles. The summed E-state index contributed by atoms with van der Waals surface area (Å²) < 4.78 is 37.0. The maximum Gasteiger partial charge on any atom is 0.834 e. The van der Waals surface area contributed by atoms with E-state index in [0.29, 0.717) is 16.8 Å². The summed E-state index contributed by atoms with van der Waals surface area (Å²) in [5.74, 6) is 0.179. The fraction of sp³-hybridized carbons (Fsp3) is 0. The van der Waals surface area contributed by atoms with Crippen molar-refractivity contribution < 1.29 is 17.8 Å². The maximum absolute atomic E-state index is 15.0. The quantitative estimate of drug-likeness (QED) is 0.459. The molecule has 6 heteroatoms. The van der Waals surface area contributed by atoms with Crippen molar-refractivity contribution in [3.63, 3.8) is 0 Å². The molecule has 1 heterocycles. The highest BCUT2D eigenvalue weighted by atomic mass is 79.9. The number of rotatable bonds is 3. The molecule has 4 rings (SSSR count). The third kappa shape index (κ3) is 3.58. The molecule has 0 amide bonds. The van der Waals surface area contributed by atoms with Gasteiger partial charge in [-0.2, -0.15) is 0 Å². The van der Waals surface area contributed by atoms with Gasteiger partial charge < -0.3 is 17.8 Å². The molecule has 0 radical (unpaired) electrons. The topological polar surface area (TPSA) is 12.2 Å². The third-order valence-electron chi connectivity index (χ3n) is 4.32. The average molecular weight is 426 g/mol. The monoisotopic (exact) mass is 425 g/mol. The van der Waals surface area contributed by atoms with Gasteiger partial charge in [0.05, 0.1) is 11.3 Å². The van der Waals surface area contributed by atoms with E-state index in [1.807, 2.05) is 36.4 Å². The first kappa shape index (κ1) is 17.7. The number of halogens is 3. The molecule has 27 heavy (non-hydrogen) atoms. The zero-order valence-corrected chi connectivity index (χ0v) is 15.8. The number of nitrogens with zero attached hydrogens (tertiary/aromatic N) is 1. The Morgan fingerprint density at radius 2 is 1.41 bits per heavy atom. The third-order valence-corrected chi connectivity index (χ3v) is 4.82. The standard InChI is InChI=1S/C21H15BBrF2NO/c23-18-12-7-13-19(14-18)26-15-20(16-8-3-1-4-9-16)21(27-22(26,24)25)17-10-5-2-6-11-17/h1-15H. The molecule has 1 aliphatic rings. The summed E-state index contributed by atoms with van der Waals surface area (Å²) in [4.78, 5) is 0. The second-order valence-corrected chi connectivity index (χ2v) is 7.09. The van der Waals surface area contributed by atoms with Gasteiger partial charge in [0.2, 0.25) is 0 Å². The molecular formula is C21H15BBrF2NO. The second kappa shape index (κ2) is 7.12. The van der Waals surface area contributed by atoms with E-state index in [1.165, 1.54) is 6.21 Å². The Labute approximate surface area is 164 Å². The lowest BCUT2D eigenvalue weighted by atomic mass is 9.93. The molecule has 0 bridgehead atoms. The number of allylic oxidation sites excluding steroid dienone is 1. The zero-order valence-electron chi connectivity index (χ0n) is 14.2. The molecule has 1 aliphatic heterocycles. The first-order chi connectivity index (χ1) is 13.0. The van der Waals surface area contributed by atoms with Crippen molar-refractivity contribution in [2.75, 3.05) is 0 Å². The van der Waals surface area contributed by atoms with Crippen molar-refractivity contribution in [1.29, 1.82) is 0 Å². The van der Waals surface area contributed by atoms with Crippen LogP contribution in [0.5, 0.6) is 0 Å². The average Bonchev–Trinajstić information content (AvgIpc) is 2.68. The highest BCUT2D eigenvalue weighted by Crippen LogP contribution is 2.37. The predicted octanol–water partition coefficient (Wildman–Crippen LogP) is 6.14. The van der Waals surface area contributed by atoms with Gasteiger partial charge in [0.15, 0.2) is 5.69 Å². The Morgan fingerprint density at radius 1 is 0.778 bits per heavy atom. The minimum atomic E-state index is -4.28. The highest BCUT2D eigenvalue weighted by Gasteiger charge is 2.51. The van der Waals surface area contributed by atoms with Crippen LogP contribution in [0.1, 0.15) is 11.1 Å². The minimum absolute atomic E-state index is 0.179. The lowest BCUT2D eigenvalue weighted by Gasteiger charge is -2.30. The van der Waals surface area contributed by atoms with Gasteiger partial charge in [0, 0.05) is 22.2 Å². The van der Waals surface area contributed by atoms with Crippen LogP contribution in [0.15, 0.2) is 89.4 Å². The van der Waals surface area contributed by atoms with Crippen LogP contribution in [0.3, 0.4) is 0 Å². The fourth-order valence-corrected chi connectivity index (χ4v) is 3.45. The summed E-state index contributed by atoms with van der Waals surface area (Å²) in [7, 11) is -4.28. The number of benzene rings is 3. The van der Waals surface area contributed by atoms with Crippen LogP contribution in [0, 0.1) is 0 Å². The van der Waals surface area contributed by atoms with Crippen LogP contribution in [0.4, 0.5) is 14.3 Å². The van der Waals surface area contributed by atoms with Gasteiger partial charge >= 0.3 is 7.04 Å². The molecule has 0 aliphatic carbocycles. The van der Waals surface area contributed by atoms with Crippen LogP contribution in [0.2, 0.25) is 0 Å². The lowest BCUT2D eigenvalue weighted by Crippen LogP contribution is -2.43. The largest absolute Gasteiger partial charge is 0.834 e. The van der Waals surface area contributed by atoms with Crippen molar-refractivity contribution in [3.8, 4) is 0 Å². The molecule has 0 N–H and O–H groups in total. The Balaban J connectivity index is 1.96. The second-order valence-electron chi connectivity index (χ2n) is 6.17. The van der Waals surface area contributed by atoms with E-state index in [0.717, 1.165) is 14.5 Å². The summed E-state index contributed by atoms with van der Waals surface area (Å²) in [6.45, 7) is 0. The SMILES string of the molecule is F[B-]1(F)OC(c2ccccc2)=C(c2ccccc2)C=[N+]1c1cccc(Br)c1. The van der Waals surface area contributed by atoms with Crippen molar-refractivity contribution in [1.82, 2.24) is 0 Å². The van der Waals surface area contributed by atoms with Crippen LogP contribution >= 0.6 is 15.9 Å². The van der Waals surface area contributed by atoms with E-state index in [2.05, 4.69) is 15.9 Å². The zero-order chi connectivity index (χ0) is 18.9. The highest BCUT2D eigenvalue weighted by molar-refractivity contribution is 9.10. The van der Waals surface area contributed by atoms with Crippen LogP contribution in [0.25, 0.3) is 11.3 Å². The van der Waals surface area contributed by atoms with Gasteiger partial charge in [-0.1, -0.05) is 82.7 Å². The first-order valence-electron chi connectivity index (χ1n) is 8.49. The normalized spacial score (nSPS) is 15.9. The van der Waals surface area contributed by atoms with E-state index in [1.54, 1.807) is 48.5 Å². The number of hydrogen-bond acceptors (Lipinski definition) is 1. The van der Waals surface area contributed by atoms with E-state index in [4.69, 9.17) is 4.65 Å². The Kier molecular flexibility index (Phi) is 4.66. The van der Waals surface area contributed by atoms with Gasteiger partial charge in [-0.3, -0.25) is 0 Å². The predicted molar refractivity (Wildman–Crippen MR) is 109 cm³/mol. The van der Waals surface area contributed by atoms with Gasteiger partial charge in [0.1, 0.15) is 6.21 Å². The van der Waals surface area contributed by atoms with Crippen molar-refractivity contribution >= 4 is 46.2 Å². The Bertz CT molecular complexity index is 1040. The van der Waals surface area contributed by atoms with E-state index < -0.39 is 7.04 Å². The van der Waals surface area contributed by atoms with Crippen molar-refractivity contribution in [3.05, 3.63) is 101 Å². The molecule has 0 fully saturated rings. The molecule has 2 nitrogen and oxygen atoms in total. The van der Waals surface area contributed by atoms with Crippen LogP contribution in [-0.4, -0.2) is 17.7 Å². The molecule has 134 valence electrons. The molecule has 0 unspecified atom stereocenters. The Hall–Kier alpha value is -2.73. The van der Waals surface area contributed by atoms with Gasteiger partial charge in [-0.05, 0) is 11.6 Å². The van der Waals surface area contributed by atoms with E-state index in [-0.39, 0.29) is 5.76 Å². The van der Waals surface area contributed by atoms with Crippen LogP contribution in [-0.2, 0) is 4.65 Å². The maximum atomic E-state index is 15.0.